The van der Waals surface area contributed by atoms with Crippen LogP contribution in [0.5, 0.6) is 11.5 Å². The fourth-order valence-electron chi connectivity index (χ4n) is 5.40. The number of hydrogen-bond acceptors (Lipinski definition) is 5. The molecule has 1 aliphatic carbocycles. The Balaban J connectivity index is 1.28. The van der Waals surface area contributed by atoms with Gasteiger partial charge in [0.15, 0.2) is 11.5 Å². The van der Waals surface area contributed by atoms with Crippen LogP contribution in [-0.4, -0.2) is 72.4 Å². The first-order valence-corrected chi connectivity index (χ1v) is 10.3. The molecule has 6 nitrogen and oxygen atoms in total. The maximum atomic E-state index is 13.1. The number of carbonyl (C=O) groups excluding carboxylic acids is 1. The first-order chi connectivity index (χ1) is 13.2. The van der Waals surface area contributed by atoms with Gasteiger partial charge < -0.3 is 19.5 Å². The minimum absolute atomic E-state index is 0.0635. The lowest BCUT2D eigenvalue weighted by Crippen LogP contribution is -2.48. The van der Waals surface area contributed by atoms with Gasteiger partial charge in [0, 0.05) is 24.7 Å². The number of ether oxygens (including phenoxy) is 2. The maximum absolute atomic E-state index is 13.1. The standard InChI is InChI=1S/C21H28N2O4/c24-18-10-16-13-23(12-15(16)9-17(18)22-5-1-2-6-22)21(25)14-3-4-19-20(11-14)27-8-7-26-19/h3-4,11,15-18,24H,1-2,5-10,12-13H2/t15-,16+,17-,18-/m1/s1. The van der Waals surface area contributed by atoms with Crippen molar-refractivity contribution in [1.29, 1.82) is 0 Å². The average Bonchev–Trinajstić information content (AvgIpc) is 3.35. The number of aliphatic hydroxyl groups is 1. The predicted octanol–water partition coefficient (Wildman–Crippen LogP) is 1.77. The van der Waals surface area contributed by atoms with Gasteiger partial charge in [0.1, 0.15) is 13.2 Å². The molecule has 27 heavy (non-hydrogen) atoms. The highest BCUT2D eigenvalue weighted by atomic mass is 16.6. The molecule has 146 valence electrons. The Morgan fingerprint density at radius 3 is 2.48 bits per heavy atom. The normalized spacial score (nSPS) is 33.1. The molecule has 2 saturated heterocycles. The van der Waals surface area contributed by atoms with Gasteiger partial charge in [-0.05, 0) is 68.8 Å². The number of aliphatic hydroxyl groups excluding tert-OH is 1. The lowest BCUT2D eigenvalue weighted by molar-refractivity contribution is -0.000864. The Morgan fingerprint density at radius 1 is 1.00 bits per heavy atom. The van der Waals surface area contributed by atoms with Gasteiger partial charge in [0.05, 0.1) is 6.10 Å². The van der Waals surface area contributed by atoms with E-state index in [1.54, 1.807) is 6.07 Å². The fourth-order valence-corrected chi connectivity index (χ4v) is 5.40. The molecule has 0 radical (unpaired) electrons. The Hall–Kier alpha value is -1.79. The largest absolute Gasteiger partial charge is 0.486 e. The number of likely N-dealkylation sites (tertiary alicyclic amines) is 2. The van der Waals surface area contributed by atoms with Crippen molar-refractivity contribution >= 4 is 5.91 Å². The molecule has 3 heterocycles. The summed E-state index contributed by atoms with van der Waals surface area (Å²) in [4.78, 5) is 17.5. The minimum Gasteiger partial charge on any atom is -0.486 e. The molecular formula is C21H28N2O4. The van der Waals surface area contributed by atoms with Crippen molar-refractivity contribution < 1.29 is 19.4 Å². The van der Waals surface area contributed by atoms with Crippen molar-refractivity contribution in [3.63, 3.8) is 0 Å². The zero-order valence-corrected chi connectivity index (χ0v) is 15.7. The Bertz CT molecular complexity index is 718. The van der Waals surface area contributed by atoms with Gasteiger partial charge in [-0.1, -0.05) is 0 Å². The van der Waals surface area contributed by atoms with Crippen molar-refractivity contribution in [3.8, 4) is 11.5 Å². The van der Waals surface area contributed by atoms with E-state index in [4.69, 9.17) is 9.47 Å². The maximum Gasteiger partial charge on any atom is 0.254 e. The van der Waals surface area contributed by atoms with Crippen LogP contribution >= 0.6 is 0 Å². The Kier molecular flexibility index (Phi) is 4.48. The molecule has 0 bridgehead atoms. The first-order valence-electron chi connectivity index (χ1n) is 10.3. The van der Waals surface area contributed by atoms with E-state index >= 15 is 0 Å². The highest BCUT2D eigenvalue weighted by Crippen LogP contribution is 2.40. The number of benzene rings is 1. The van der Waals surface area contributed by atoms with Gasteiger partial charge in [-0.3, -0.25) is 9.69 Å². The zero-order chi connectivity index (χ0) is 18.4. The molecule has 4 atom stereocenters. The smallest absolute Gasteiger partial charge is 0.254 e. The molecular weight excluding hydrogens is 344 g/mol. The molecule has 1 aromatic carbocycles. The van der Waals surface area contributed by atoms with E-state index in [0.717, 1.165) is 39.0 Å². The summed E-state index contributed by atoms with van der Waals surface area (Å²) in [6, 6.07) is 5.75. The SMILES string of the molecule is O=C(c1ccc2c(c1)OCCO2)N1C[C@H]2C[C@@H](N3CCCC3)[C@H](O)C[C@H]2C1. The predicted molar refractivity (Wildman–Crippen MR) is 100 cm³/mol. The molecule has 3 aliphatic heterocycles. The van der Waals surface area contributed by atoms with Crippen LogP contribution in [0.15, 0.2) is 18.2 Å². The fraction of sp³-hybridized carbons (Fsp3) is 0.667. The molecule has 1 amide bonds. The van der Waals surface area contributed by atoms with Gasteiger partial charge in [0.25, 0.3) is 5.91 Å². The highest BCUT2D eigenvalue weighted by Gasteiger charge is 2.45. The van der Waals surface area contributed by atoms with Crippen molar-refractivity contribution in [2.75, 3.05) is 39.4 Å². The molecule has 1 aromatic rings. The third kappa shape index (κ3) is 3.19. The summed E-state index contributed by atoms with van der Waals surface area (Å²) in [7, 11) is 0. The number of amides is 1. The summed E-state index contributed by atoms with van der Waals surface area (Å²) in [6.45, 7) is 4.85. The molecule has 4 aliphatic rings. The van der Waals surface area contributed by atoms with Crippen LogP contribution in [0.3, 0.4) is 0 Å². The van der Waals surface area contributed by atoms with E-state index < -0.39 is 0 Å². The molecule has 1 saturated carbocycles. The van der Waals surface area contributed by atoms with E-state index in [-0.39, 0.29) is 18.1 Å². The van der Waals surface area contributed by atoms with Gasteiger partial charge in [0.2, 0.25) is 0 Å². The number of hydrogen-bond donors (Lipinski definition) is 1. The Labute approximate surface area is 160 Å². The zero-order valence-electron chi connectivity index (χ0n) is 15.7. The second kappa shape index (κ2) is 6.99. The van der Waals surface area contributed by atoms with Crippen LogP contribution in [0.2, 0.25) is 0 Å². The second-order valence-corrected chi connectivity index (χ2v) is 8.44. The van der Waals surface area contributed by atoms with Crippen molar-refractivity contribution in [1.82, 2.24) is 9.80 Å². The molecule has 0 aromatic heterocycles. The third-order valence-electron chi connectivity index (χ3n) is 6.80. The van der Waals surface area contributed by atoms with Gasteiger partial charge in [-0.25, -0.2) is 0 Å². The highest BCUT2D eigenvalue weighted by molar-refractivity contribution is 5.95. The van der Waals surface area contributed by atoms with Crippen LogP contribution < -0.4 is 9.47 Å². The quantitative estimate of drug-likeness (QED) is 0.857. The van der Waals surface area contributed by atoms with Crippen LogP contribution in [-0.2, 0) is 0 Å². The molecule has 5 rings (SSSR count). The molecule has 1 N–H and O–H groups in total. The van der Waals surface area contributed by atoms with E-state index in [1.807, 2.05) is 17.0 Å². The minimum atomic E-state index is -0.256. The van der Waals surface area contributed by atoms with Crippen molar-refractivity contribution in [2.45, 2.75) is 37.8 Å². The molecule has 0 unspecified atom stereocenters. The lowest BCUT2D eigenvalue weighted by Gasteiger charge is -2.40. The molecule has 3 fully saturated rings. The van der Waals surface area contributed by atoms with Gasteiger partial charge in [-0.2, -0.15) is 0 Å². The molecule has 0 spiro atoms. The van der Waals surface area contributed by atoms with Crippen LogP contribution in [0, 0.1) is 11.8 Å². The number of rotatable bonds is 2. The molecule has 6 heteroatoms. The topological polar surface area (TPSA) is 62.2 Å². The summed E-state index contributed by atoms with van der Waals surface area (Å²) < 4.78 is 11.2. The summed E-state index contributed by atoms with van der Waals surface area (Å²) >= 11 is 0. The number of nitrogens with zero attached hydrogens (tertiary/aromatic N) is 2. The summed E-state index contributed by atoms with van der Waals surface area (Å²) in [5, 5.41) is 10.7. The average molecular weight is 372 g/mol. The van der Waals surface area contributed by atoms with E-state index in [1.165, 1.54) is 12.8 Å². The summed E-state index contributed by atoms with van der Waals surface area (Å²) in [5.41, 5.74) is 0.662. The summed E-state index contributed by atoms with van der Waals surface area (Å²) in [5.74, 6) is 2.35. The first kappa shape index (κ1) is 17.3. The van der Waals surface area contributed by atoms with Crippen LogP contribution in [0.4, 0.5) is 0 Å². The second-order valence-electron chi connectivity index (χ2n) is 8.44. The Morgan fingerprint density at radius 2 is 1.70 bits per heavy atom. The third-order valence-corrected chi connectivity index (χ3v) is 6.80. The number of carbonyl (C=O) groups is 1. The summed E-state index contributed by atoms with van der Waals surface area (Å²) in [6.07, 6.45) is 4.06. The van der Waals surface area contributed by atoms with E-state index in [2.05, 4.69) is 4.90 Å². The van der Waals surface area contributed by atoms with E-state index in [9.17, 15) is 9.90 Å². The lowest BCUT2D eigenvalue weighted by atomic mass is 9.77. The van der Waals surface area contributed by atoms with Gasteiger partial charge >= 0.3 is 0 Å². The monoisotopic (exact) mass is 372 g/mol. The van der Waals surface area contributed by atoms with Crippen molar-refractivity contribution in [2.24, 2.45) is 11.8 Å². The van der Waals surface area contributed by atoms with Crippen LogP contribution in [0.1, 0.15) is 36.0 Å². The van der Waals surface area contributed by atoms with Gasteiger partial charge in [-0.15, -0.1) is 0 Å². The van der Waals surface area contributed by atoms with E-state index in [0.29, 0.717) is 42.1 Å². The number of fused-ring (bicyclic) bond motifs is 2. The van der Waals surface area contributed by atoms with Crippen LogP contribution in [0.25, 0.3) is 0 Å². The van der Waals surface area contributed by atoms with Crippen molar-refractivity contribution in [3.05, 3.63) is 23.8 Å².